The summed E-state index contributed by atoms with van der Waals surface area (Å²) in [6.07, 6.45) is 6.74. The van der Waals surface area contributed by atoms with E-state index in [-0.39, 0.29) is 0 Å². The lowest BCUT2D eigenvalue weighted by atomic mass is 10.1. The quantitative estimate of drug-likeness (QED) is 0.653. The van der Waals surface area contributed by atoms with E-state index in [1.54, 1.807) is 0 Å². The van der Waals surface area contributed by atoms with Crippen LogP contribution in [0.15, 0.2) is 18.6 Å². The largest absolute Gasteiger partial charge is 0.305 e. The highest BCUT2D eigenvalue weighted by Gasteiger charge is 2.10. The Hall–Kier alpha value is -1.84. The van der Waals surface area contributed by atoms with Crippen molar-refractivity contribution < 1.29 is 0 Å². The second-order valence-electron chi connectivity index (χ2n) is 3.73. The first-order valence-electron chi connectivity index (χ1n) is 5.07. The van der Waals surface area contributed by atoms with E-state index in [2.05, 4.69) is 22.0 Å². The summed E-state index contributed by atoms with van der Waals surface area (Å²) in [5.41, 5.74) is 3.29. The second-order valence-corrected chi connectivity index (χ2v) is 3.73. The van der Waals surface area contributed by atoms with E-state index in [1.165, 1.54) is 16.5 Å². The topological polar surface area (TPSA) is 46.5 Å². The van der Waals surface area contributed by atoms with E-state index in [1.807, 2.05) is 30.3 Å². The molecule has 0 unspecified atom stereocenters. The van der Waals surface area contributed by atoms with Gasteiger partial charge in [-0.05, 0) is 12.0 Å². The van der Waals surface area contributed by atoms with Crippen molar-refractivity contribution in [1.29, 1.82) is 0 Å². The molecule has 3 aromatic heterocycles. The summed E-state index contributed by atoms with van der Waals surface area (Å²) in [7, 11) is 2.01. The summed E-state index contributed by atoms with van der Waals surface area (Å²) in [5, 5.41) is 5.47. The van der Waals surface area contributed by atoms with E-state index in [9.17, 15) is 0 Å². The van der Waals surface area contributed by atoms with E-state index in [0.717, 1.165) is 17.5 Å². The fourth-order valence-electron chi connectivity index (χ4n) is 2.07. The van der Waals surface area contributed by atoms with Crippen LogP contribution in [0.3, 0.4) is 0 Å². The number of aromatic amines is 1. The summed E-state index contributed by atoms with van der Waals surface area (Å²) in [6, 6.07) is 0. The van der Waals surface area contributed by atoms with Crippen molar-refractivity contribution in [3.8, 4) is 0 Å². The normalized spacial score (nSPS) is 11.6. The maximum absolute atomic E-state index is 4.35. The standard InChI is InChI=1S/C11H12N4/c1-3-7-4-12-11-9(7)10-8(5-13-11)6-14-15(10)2/h4-6,14H,3H2,1-2H3. The lowest BCUT2D eigenvalue weighted by molar-refractivity contribution is 0.799. The monoisotopic (exact) mass is 200 g/mol. The van der Waals surface area contributed by atoms with Crippen LogP contribution in [0.1, 0.15) is 12.5 Å². The fourth-order valence-corrected chi connectivity index (χ4v) is 2.07. The number of nitrogens with one attached hydrogen (secondary N) is 1. The van der Waals surface area contributed by atoms with Crippen LogP contribution in [-0.4, -0.2) is 19.7 Å². The second kappa shape index (κ2) is 2.82. The number of hydrogen-bond acceptors (Lipinski definition) is 2. The van der Waals surface area contributed by atoms with Crippen molar-refractivity contribution >= 4 is 21.9 Å². The third kappa shape index (κ3) is 1.02. The van der Waals surface area contributed by atoms with Crippen LogP contribution >= 0.6 is 0 Å². The van der Waals surface area contributed by atoms with Crippen molar-refractivity contribution in [2.75, 3.05) is 0 Å². The molecule has 0 aliphatic carbocycles. The Morgan fingerprint density at radius 3 is 2.93 bits per heavy atom. The van der Waals surface area contributed by atoms with Crippen LogP contribution in [0.25, 0.3) is 21.9 Å². The number of rotatable bonds is 1. The molecule has 0 radical (unpaired) electrons. The number of aryl methyl sites for hydroxylation is 2. The fraction of sp³-hybridized carbons (Fsp3) is 0.273. The molecule has 4 nitrogen and oxygen atoms in total. The van der Waals surface area contributed by atoms with Gasteiger partial charge in [-0.25, -0.2) is 9.97 Å². The van der Waals surface area contributed by atoms with Gasteiger partial charge in [0.1, 0.15) is 0 Å². The van der Waals surface area contributed by atoms with Gasteiger partial charge in [0.25, 0.3) is 0 Å². The molecule has 0 aromatic carbocycles. The van der Waals surface area contributed by atoms with Crippen LogP contribution in [0, 0.1) is 0 Å². The lowest BCUT2D eigenvalue weighted by Gasteiger charge is -1.99. The Morgan fingerprint density at radius 2 is 2.13 bits per heavy atom. The number of hydrogen-bond donors (Lipinski definition) is 1. The highest BCUT2D eigenvalue weighted by Crippen LogP contribution is 2.25. The van der Waals surface area contributed by atoms with Gasteiger partial charge in [0, 0.05) is 36.4 Å². The predicted octanol–water partition coefficient (Wildman–Crippen LogP) is 2.01. The minimum atomic E-state index is 0.842. The minimum absolute atomic E-state index is 0.842. The molecular weight excluding hydrogens is 188 g/mol. The molecule has 3 heterocycles. The van der Waals surface area contributed by atoms with Gasteiger partial charge < -0.3 is 5.10 Å². The number of fused-ring (bicyclic) bond motifs is 3. The third-order valence-electron chi connectivity index (χ3n) is 2.85. The maximum Gasteiger partial charge on any atom is 0.161 e. The SMILES string of the molecule is CCc1cnc2ncc3c[nH]n(C)c3c12. The van der Waals surface area contributed by atoms with Gasteiger partial charge in [-0.15, -0.1) is 0 Å². The van der Waals surface area contributed by atoms with Crippen LogP contribution in [-0.2, 0) is 13.5 Å². The highest BCUT2D eigenvalue weighted by atomic mass is 15.2. The first-order valence-corrected chi connectivity index (χ1v) is 5.07. The molecule has 0 amide bonds. The van der Waals surface area contributed by atoms with E-state index < -0.39 is 0 Å². The molecule has 0 aliphatic heterocycles. The molecule has 15 heavy (non-hydrogen) atoms. The predicted molar refractivity (Wildman–Crippen MR) is 59.7 cm³/mol. The molecule has 3 aromatic rings. The smallest absolute Gasteiger partial charge is 0.161 e. The van der Waals surface area contributed by atoms with E-state index in [0.29, 0.717) is 0 Å². The molecule has 0 saturated heterocycles. The van der Waals surface area contributed by atoms with Gasteiger partial charge in [0.2, 0.25) is 0 Å². The molecule has 76 valence electrons. The number of pyridine rings is 1. The zero-order chi connectivity index (χ0) is 10.4. The maximum atomic E-state index is 4.35. The van der Waals surface area contributed by atoms with Gasteiger partial charge in [0.05, 0.1) is 5.52 Å². The first kappa shape index (κ1) is 8.47. The summed E-state index contributed by atoms with van der Waals surface area (Å²) in [6.45, 7) is 2.14. The van der Waals surface area contributed by atoms with Crippen molar-refractivity contribution in [3.63, 3.8) is 0 Å². The van der Waals surface area contributed by atoms with Gasteiger partial charge in [-0.3, -0.25) is 4.68 Å². The molecule has 0 saturated carbocycles. The first-order chi connectivity index (χ1) is 7.31. The Bertz CT molecular complexity index is 632. The Morgan fingerprint density at radius 1 is 1.33 bits per heavy atom. The van der Waals surface area contributed by atoms with Crippen molar-refractivity contribution in [2.45, 2.75) is 13.3 Å². The van der Waals surface area contributed by atoms with Crippen molar-refractivity contribution in [3.05, 3.63) is 24.2 Å². The Labute approximate surface area is 86.9 Å². The van der Waals surface area contributed by atoms with Gasteiger partial charge in [-0.1, -0.05) is 6.92 Å². The van der Waals surface area contributed by atoms with E-state index >= 15 is 0 Å². The van der Waals surface area contributed by atoms with Crippen LogP contribution < -0.4 is 0 Å². The minimum Gasteiger partial charge on any atom is -0.305 e. The van der Waals surface area contributed by atoms with Crippen LogP contribution in [0.4, 0.5) is 0 Å². The summed E-state index contributed by atoms with van der Waals surface area (Å²) in [4.78, 5) is 8.67. The molecule has 1 N–H and O–H groups in total. The Balaban J connectivity index is 2.60. The van der Waals surface area contributed by atoms with Crippen molar-refractivity contribution in [1.82, 2.24) is 19.7 Å². The number of nitrogens with zero attached hydrogens (tertiary/aromatic N) is 3. The molecule has 0 aliphatic rings. The number of aromatic nitrogens is 4. The molecule has 0 atom stereocenters. The summed E-state index contributed by atoms with van der Waals surface area (Å²) in [5.74, 6) is 0. The average Bonchev–Trinajstić information content (AvgIpc) is 2.81. The van der Waals surface area contributed by atoms with Crippen LogP contribution in [0.2, 0.25) is 0 Å². The zero-order valence-electron chi connectivity index (χ0n) is 8.78. The highest BCUT2D eigenvalue weighted by molar-refractivity contribution is 6.04. The van der Waals surface area contributed by atoms with Gasteiger partial charge in [-0.2, -0.15) is 0 Å². The molecule has 4 heteroatoms. The molecule has 0 bridgehead atoms. The summed E-state index contributed by atoms with van der Waals surface area (Å²) >= 11 is 0. The average molecular weight is 200 g/mol. The zero-order valence-corrected chi connectivity index (χ0v) is 8.78. The molecule has 0 fully saturated rings. The van der Waals surface area contributed by atoms with E-state index in [4.69, 9.17) is 0 Å². The van der Waals surface area contributed by atoms with Gasteiger partial charge >= 0.3 is 0 Å². The third-order valence-corrected chi connectivity index (χ3v) is 2.85. The molecule has 3 rings (SSSR count). The van der Waals surface area contributed by atoms with Crippen LogP contribution in [0.5, 0.6) is 0 Å². The molecule has 0 spiro atoms. The van der Waals surface area contributed by atoms with Crippen molar-refractivity contribution in [2.24, 2.45) is 7.05 Å². The van der Waals surface area contributed by atoms with Gasteiger partial charge in [0.15, 0.2) is 5.65 Å². The molecular formula is C11H12N4. The summed E-state index contributed by atoms with van der Waals surface area (Å²) < 4.78 is 2.01. The Kier molecular flexibility index (Phi) is 1.59. The number of H-pyrrole nitrogens is 1. The lowest BCUT2D eigenvalue weighted by Crippen LogP contribution is -1.91.